The highest BCUT2D eigenvalue weighted by molar-refractivity contribution is 5.79. The van der Waals surface area contributed by atoms with Gasteiger partial charge in [0.05, 0.1) is 12.5 Å². The lowest BCUT2D eigenvalue weighted by atomic mass is 10.2. The summed E-state index contributed by atoms with van der Waals surface area (Å²) in [6, 6.07) is 9.74. The molecule has 3 aromatic rings. The van der Waals surface area contributed by atoms with Crippen LogP contribution in [-0.4, -0.2) is 34.4 Å². The molecule has 0 aliphatic rings. The molecule has 0 unspecified atom stereocenters. The summed E-state index contributed by atoms with van der Waals surface area (Å²) in [5, 5.41) is 10.5. The van der Waals surface area contributed by atoms with Crippen molar-refractivity contribution in [1.82, 2.24) is 20.3 Å². The lowest BCUT2D eigenvalue weighted by Gasteiger charge is -2.10. The van der Waals surface area contributed by atoms with Gasteiger partial charge in [-0.3, -0.25) is 9.59 Å². The SMILES string of the molecule is COc1ccc2c(=O)n(CC(=O)NCc3ccc(OC(F)(F)F)cc3)nnc2c1. The highest BCUT2D eigenvalue weighted by Gasteiger charge is 2.30. The fourth-order valence-electron chi connectivity index (χ4n) is 2.49. The van der Waals surface area contributed by atoms with Crippen LogP contribution < -0.4 is 20.3 Å². The Bertz CT molecular complexity index is 1080. The fraction of sp³-hybridized carbons (Fsp3) is 0.222. The third-order valence-electron chi connectivity index (χ3n) is 3.87. The topological polar surface area (TPSA) is 95.3 Å². The summed E-state index contributed by atoms with van der Waals surface area (Å²) in [4.78, 5) is 24.5. The number of amides is 1. The Labute approximate surface area is 161 Å². The van der Waals surface area contributed by atoms with E-state index in [1.807, 2.05) is 0 Å². The number of methoxy groups -OCH3 is 1. The molecule has 0 atom stereocenters. The molecule has 0 spiro atoms. The van der Waals surface area contributed by atoms with Gasteiger partial charge < -0.3 is 14.8 Å². The highest BCUT2D eigenvalue weighted by Crippen LogP contribution is 2.22. The van der Waals surface area contributed by atoms with Crippen molar-refractivity contribution in [2.45, 2.75) is 19.5 Å². The van der Waals surface area contributed by atoms with Gasteiger partial charge in [0.15, 0.2) is 0 Å². The van der Waals surface area contributed by atoms with Crippen LogP contribution in [0.3, 0.4) is 0 Å². The number of hydrogen-bond acceptors (Lipinski definition) is 6. The lowest BCUT2D eigenvalue weighted by molar-refractivity contribution is -0.274. The van der Waals surface area contributed by atoms with E-state index in [2.05, 4.69) is 20.4 Å². The number of ether oxygens (including phenoxy) is 2. The molecule has 8 nitrogen and oxygen atoms in total. The van der Waals surface area contributed by atoms with Crippen molar-refractivity contribution in [2.24, 2.45) is 0 Å². The van der Waals surface area contributed by atoms with E-state index < -0.39 is 17.8 Å². The standard InChI is InChI=1S/C18H15F3N4O4/c1-28-13-6-7-14-15(8-13)23-24-25(17(14)27)10-16(26)22-9-11-2-4-12(5-3-11)29-18(19,20)21/h2-8H,9-10H2,1H3,(H,22,26). The third kappa shape index (κ3) is 5.21. The van der Waals surface area contributed by atoms with Crippen molar-refractivity contribution in [2.75, 3.05) is 7.11 Å². The Balaban J connectivity index is 1.62. The number of benzene rings is 2. The van der Waals surface area contributed by atoms with Crippen molar-refractivity contribution < 1.29 is 27.4 Å². The van der Waals surface area contributed by atoms with Gasteiger partial charge in [-0.25, -0.2) is 4.68 Å². The summed E-state index contributed by atoms with van der Waals surface area (Å²) < 4.78 is 46.2. The lowest BCUT2D eigenvalue weighted by Crippen LogP contribution is -2.34. The number of fused-ring (bicyclic) bond motifs is 1. The smallest absolute Gasteiger partial charge is 0.497 e. The fourth-order valence-corrected chi connectivity index (χ4v) is 2.49. The van der Waals surface area contributed by atoms with E-state index >= 15 is 0 Å². The van der Waals surface area contributed by atoms with Crippen LogP contribution in [0.15, 0.2) is 47.3 Å². The Morgan fingerprint density at radius 3 is 2.48 bits per heavy atom. The molecule has 3 rings (SSSR count). The minimum Gasteiger partial charge on any atom is -0.497 e. The Morgan fingerprint density at radius 1 is 1.14 bits per heavy atom. The van der Waals surface area contributed by atoms with Crippen LogP contribution in [0.5, 0.6) is 11.5 Å². The molecule has 2 aromatic carbocycles. The van der Waals surface area contributed by atoms with Crippen molar-refractivity contribution in [3.8, 4) is 11.5 Å². The minimum absolute atomic E-state index is 0.0537. The first-order valence-corrected chi connectivity index (χ1v) is 8.28. The summed E-state index contributed by atoms with van der Waals surface area (Å²) in [7, 11) is 1.48. The van der Waals surface area contributed by atoms with E-state index in [1.54, 1.807) is 12.1 Å². The molecule has 0 fully saturated rings. The summed E-state index contributed by atoms with van der Waals surface area (Å²) in [5.74, 6) is -0.347. The molecule has 0 saturated heterocycles. The van der Waals surface area contributed by atoms with Crippen LogP contribution in [0, 0.1) is 0 Å². The second-order valence-electron chi connectivity index (χ2n) is 5.90. The number of aromatic nitrogens is 3. The molecular formula is C18H15F3N4O4. The maximum absolute atomic E-state index is 12.4. The predicted molar refractivity (Wildman–Crippen MR) is 95.3 cm³/mol. The van der Waals surface area contributed by atoms with Gasteiger partial charge in [-0.2, -0.15) is 0 Å². The average Bonchev–Trinajstić information content (AvgIpc) is 2.68. The number of alkyl halides is 3. The van der Waals surface area contributed by atoms with Crippen LogP contribution in [0.1, 0.15) is 5.56 Å². The first-order valence-electron chi connectivity index (χ1n) is 8.28. The molecular weight excluding hydrogens is 393 g/mol. The second-order valence-corrected chi connectivity index (χ2v) is 5.90. The van der Waals surface area contributed by atoms with Crippen LogP contribution in [0.2, 0.25) is 0 Å². The van der Waals surface area contributed by atoms with Crippen LogP contribution in [0.25, 0.3) is 10.9 Å². The molecule has 29 heavy (non-hydrogen) atoms. The number of carbonyl (C=O) groups is 1. The van der Waals surface area contributed by atoms with E-state index in [0.29, 0.717) is 16.8 Å². The van der Waals surface area contributed by atoms with Gasteiger partial charge in [-0.15, -0.1) is 18.3 Å². The average molecular weight is 408 g/mol. The van der Waals surface area contributed by atoms with Crippen molar-refractivity contribution in [3.63, 3.8) is 0 Å². The zero-order valence-corrected chi connectivity index (χ0v) is 15.1. The van der Waals surface area contributed by atoms with E-state index in [1.165, 1.54) is 25.3 Å². The number of rotatable bonds is 6. The van der Waals surface area contributed by atoms with Crippen LogP contribution in [0.4, 0.5) is 13.2 Å². The van der Waals surface area contributed by atoms with Crippen molar-refractivity contribution in [3.05, 3.63) is 58.4 Å². The summed E-state index contributed by atoms with van der Waals surface area (Å²) in [5.41, 5.74) is 0.408. The minimum atomic E-state index is -4.77. The van der Waals surface area contributed by atoms with E-state index in [4.69, 9.17) is 4.74 Å². The zero-order valence-electron chi connectivity index (χ0n) is 15.1. The largest absolute Gasteiger partial charge is 0.573 e. The van der Waals surface area contributed by atoms with Crippen LogP contribution in [-0.2, 0) is 17.9 Å². The molecule has 1 heterocycles. The molecule has 0 aliphatic heterocycles. The van der Waals surface area contributed by atoms with Gasteiger partial charge in [-0.1, -0.05) is 17.3 Å². The van der Waals surface area contributed by atoms with Crippen LogP contribution >= 0.6 is 0 Å². The van der Waals surface area contributed by atoms with E-state index in [0.717, 1.165) is 16.8 Å². The van der Waals surface area contributed by atoms with Gasteiger partial charge in [-0.05, 0) is 29.8 Å². The number of hydrogen-bond donors (Lipinski definition) is 1. The van der Waals surface area contributed by atoms with Crippen molar-refractivity contribution in [1.29, 1.82) is 0 Å². The normalized spacial score (nSPS) is 11.3. The first-order chi connectivity index (χ1) is 13.7. The Kier molecular flexibility index (Phi) is 5.66. The highest BCUT2D eigenvalue weighted by atomic mass is 19.4. The first kappa shape index (κ1) is 20.1. The maximum atomic E-state index is 12.4. The summed E-state index contributed by atoms with van der Waals surface area (Å²) in [6.07, 6.45) is -4.77. The van der Waals surface area contributed by atoms with E-state index in [9.17, 15) is 22.8 Å². The van der Waals surface area contributed by atoms with Crippen molar-refractivity contribution >= 4 is 16.8 Å². The number of nitrogens with zero attached hydrogens (tertiary/aromatic N) is 3. The number of nitrogens with one attached hydrogen (secondary N) is 1. The molecule has 11 heteroatoms. The quantitative estimate of drug-likeness (QED) is 0.671. The molecule has 0 bridgehead atoms. The van der Waals surface area contributed by atoms with Gasteiger partial charge in [0.25, 0.3) is 5.56 Å². The maximum Gasteiger partial charge on any atom is 0.573 e. The summed E-state index contributed by atoms with van der Waals surface area (Å²) >= 11 is 0. The Hall–Kier alpha value is -3.63. The molecule has 1 N–H and O–H groups in total. The van der Waals surface area contributed by atoms with Gasteiger partial charge in [0.2, 0.25) is 5.91 Å². The molecule has 0 aliphatic carbocycles. The second kappa shape index (κ2) is 8.17. The van der Waals surface area contributed by atoms with Gasteiger partial charge in [0, 0.05) is 12.6 Å². The molecule has 0 radical (unpaired) electrons. The van der Waals surface area contributed by atoms with E-state index in [-0.39, 0.29) is 24.2 Å². The molecule has 0 saturated carbocycles. The molecule has 152 valence electrons. The van der Waals surface area contributed by atoms with Gasteiger partial charge in [0.1, 0.15) is 23.6 Å². The molecule has 1 amide bonds. The molecule has 1 aromatic heterocycles. The zero-order chi connectivity index (χ0) is 21.0. The third-order valence-corrected chi connectivity index (χ3v) is 3.87. The summed E-state index contributed by atoms with van der Waals surface area (Å²) in [6.45, 7) is -0.304. The Morgan fingerprint density at radius 2 is 1.83 bits per heavy atom. The van der Waals surface area contributed by atoms with Gasteiger partial charge >= 0.3 is 6.36 Å². The predicted octanol–water partition coefficient (Wildman–Crippen LogP) is 2.02. The monoisotopic (exact) mass is 408 g/mol. The number of halogens is 3. The number of carbonyl (C=O) groups excluding carboxylic acids is 1.